The van der Waals surface area contributed by atoms with Gasteiger partial charge >= 0.3 is 0 Å². The predicted octanol–water partition coefficient (Wildman–Crippen LogP) is 3.81. The van der Waals surface area contributed by atoms with Crippen LogP contribution in [0.15, 0.2) is 48.5 Å². The predicted molar refractivity (Wildman–Crippen MR) is 84.3 cm³/mol. The van der Waals surface area contributed by atoms with E-state index in [1.165, 1.54) is 16.7 Å². The first kappa shape index (κ1) is 14.6. The molecule has 2 N–H and O–H groups in total. The van der Waals surface area contributed by atoms with Crippen LogP contribution in [0.4, 0.5) is 0 Å². The molecule has 0 aliphatic carbocycles. The molecule has 2 nitrogen and oxygen atoms in total. The number of benzene rings is 2. The van der Waals surface area contributed by atoms with Gasteiger partial charge in [0.05, 0.1) is 6.61 Å². The number of ether oxygens (including phenoxy) is 1. The van der Waals surface area contributed by atoms with Crippen molar-refractivity contribution >= 4 is 0 Å². The van der Waals surface area contributed by atoms with Gasteiger partial charge in [-0.2, -0.15) is 0 Å². The Morgan fingerprint density at radius 2 is 1.75 bits per heavy atom. The highest BCUT2D eigenvalue weighted by molar-refractivity contribution is 5.33. The van der Waals surface area contributed by atoms with Gasteiger partial charge in [0.15, 0.2) is 0 Å². The van der Waals surface area contributed by atoms with Crippen molar-refractivity contribution in [3.63, 3.8) is 0 Å². The van der Waals surface area contributed by atoms with Crippen LogP contribution in [-0.2, 0) is 0 Å². The monoisotopic (exact) mass is 269 g/mol. The summed E-state index contributed by atoms with van der Waals surface area (Å²) in [5.74, 6) is 1.31. The topological polar surface area (TPSA) is 35.2 Å². The lowest BCUT2D eigenvalue weighted by Crippen LogP contribution is -2.15. The Morgan fingerprint density at radius 3 is 2.40 bits per heavy atom. The van der Waals surface area contributed by atoms with Crippen LogP contribution in [0.1, 0.15) is 29.0 Å². The lowest BCUT2D eigenvalue weighted by atomic mass is 9.96. The minimum absolute atomic E-state index is 0.364. The third kappa shape index (κ3) is 3.84. The van der Waals surface area contributed by atoms with Crippen molar-refractivity contribution in [2.75, 3.05) is 13.2 Å². The van der Waals surface area contributed by atoms with E-state index in [0.717, 1.165) is 12.2 Å². The lowest BCUT2D eigenvalue weighted by molar-refractivity contribution is 0.298. The Kier molecular flexibility index (Phi) is 5.19. The zero-order chi connectivity index (χ0) is 14.4. The number of hydrogen-bond acceptors (Lipinski definition) is 2. The molecule has 0 aliphatic rings. The van der Waals surface area contributed by atoms with Crippen LogP contribution in [0, 0.1) is 13.8 Å². The molecular weight excluding hydrogens is 246 g/mol. The van der Waals surface area contributed by atoms with Crippen LogP contribution in [0.5, 0.6) is 5.75 Å². The average molecular weight is 269 g/mol. The van der Waals surface area contributed by atoms with Gasteiger partial charge in [-0.05, 0) is 61.6 Å². The Hall–Kier alpha value is -1.80. The van der Waals surface area contributed by atoms with Gasteiger partial charge in [0.25, 0.3) is 0 Å². The lowest BCUT2D eigenvalue weighted by Gasteiger charge is -2.16. The highest BCUT2D eigenvalue weighted by Gasteiger charge is 2.09. The summed E-state index contributed by atoms with van der Waals surface area (Å²) in [7, 11) is 0. The summed E-state index contributed by atoms with van der Waals surface area (Å²) < 4.78 is 5.84. The first-order valence-electron chi connectivity index (χ1n) is 7.15. The molecule has 0 fully saturated rings. The van der Waals surface area contributed by atoms with E-state index in [-0.39, 0.29) is 0 Å². The third-order valence-electron chi connectivity index (χ3n) is 3.77. The Morgan fingerprint density at radius 1 is 1.00 bits per heavy atom. The number of aryl methyl sites for hydroxylation is 2. The van der Waals surface area contributed by atoms with Gasteiger partial charge in [-0.1, -0.05) is 36.4 Å². The van der Waals surface area contributed by atoms with Gasteiger partial charge in [0.2, 0.25) is 0 Å². The maximum atomic E-state index is 5.87. The van der Waals surface area contributed by atoms with Crippen LogP contribution >= 0.6 is 0 Å². The van der Waals surface area contributed by atoms with Crippen molar-refractivity contribution in [2.24, 2.45) is 5.73 Å². The molecule has 2 rings (SSSR count). The number of hydrogen-bond donors (Lipinski definition) is 1. The van der Waals surface area contributed by atoms with Crippen molar-refractivity contribution < 1.29 is 4.74 Å². The second-order valence-corrected chi connectivity index (χ2v) is 5.23. The quantitative estimate of drug-likeness (QED) is 0.865. The molecule has 2 heteroatoms. The number of rotatable bonds is 6. The van der Waals surface area contributed by atoms with Crippen LogP contribution in [0.2, 0.25) is 0 Å². The molecule has 1 atom stereocenters. The fourth-order valence-electron chi connectivity index (χ4n) is 2.27. The highest BCUT2D eigenvalue weighted by atomic mass is 16.5. The smallest absolute Gasteiger partial charge is 0.119 e. The molecule has 0 bridgehead atoms. The number of nitrogens with two attached hydrogens (primary N) is 1. The molecule has 0 amide bonds. The van der Waals surface area contributed by atoms with E-state index >= 15 is 0 Å². The maximum Gasteiger partial charge on any atom is 0.119 e. The summed E-state index contributed by atoms with van der Waals surface area (Å²) in [5, 5.41) is 0. The van der Waals surface area contributed by atoms with E-state index in [0.29, 0.717) is 19.1 Å². The fraction of sp³-hybridized carbons (Fsp3) is 0.333. The Balaban J connectivity index is 1.89. The van der Waals surface area contributed by atoms with Gasteiger partial charge in [0.1, 0.15) is 5.75 Å². The largest absolute Gasteiger partial charge is 0.494 e. The first-order valence-corrected chi connectivity index (χ1v) is 7.15. The SMILES string of the molecule is Cc1ccc(OCCC(CN)c2ccccc2)cc1C. The standard InChI is InChI=1S/C18H23NO/c1-14-8-9-18(12-15(14)2)20-11-10-17(13-19)16-6-4-3-5-7-16/h3-9,12,17H,10-11,13,19H2,1-2H3. The molecule has 2 aromatic rings. The van der Waals surface area contributed by atoms with Crippen molar-refractivity contribution in [3.8, 4) is 5.75 Å². The Labute approximate surface area is 121 Å². The van der Waals surface area contributed by atoms with Gasteiger partial charge in [0, 0.05) is 0 Å². The summed E-state index contributed by atoms with van der Waals surface area (Å²) >= 11 is 0. The van der Waals surface area contributed by atoms with Crippen molar-refractivity contribution in [1.29, 1.82) is 0 Å². The summed E-state index contributed by atoms with van der Waals surface area (Å²) in [6, 6.07) is 16.6. The molecule has 20 heavy (non-hydrogen) atoms. The highest BCUT2D eigenvalue weighted by Crippen LogP contribution is 2.20. The molecule has 106 valence electrons. The van der Waals surface area contributed by atoms with Crippen LogP contribution in [-0.4, -0.2) is 13.2 Å². The molecule has 0 aromatic heterocycles. The van der Waals surface area contributed by atoms with Crippen molar-refractivity contribution in [1.82, 2.24) is 0 Å². The van der Waals surface area contributed by atoms with Crippen LogP contribution < -0.4 is 10.5 Å². The van der Waals surface area contributed by atoms with Crippen LogP contribution in [0.25, 0.3) is 0 Å². The van der Waals surface area contributed by atoms with E-state index < -0.39 is 0 Å². The summed E-state index contributed by atoms with van der Waals surface area (Å²) in [5.41, 5.74) is 9.72. The second-order valence-electron chi connectivity index (χ2n) is 5.23. The van der Waals surface area contributed by atoms with Gasteiger partial charge < -0.3 is 10.5 Å². The van der Waals surface area contributed by atoms with E-state index in [9.17, 15) is 0 Å². The molecule has 1 unspecified atom stereocenters. The van der Waals surface area contributed by atoms with E-state index in [2.05, 4.69) is 50.2 Å². The van der Waals surface area contributed by atoms with Gasteiger partial charge in [-0.15, -0.1) is 0 Å². The fourth-order valence-corrected chi connectivity index (χ4v) is 2.27. The van der Waals surface area contributed by atoms with Crippen molar-refractivity contribution in [2.45, 2.75) is 26.2 Å². The van der Waals surface area contributed by atoms with E-state index in [1.807, 2.05) is 12.1 Å². The minimum Gasteiger partial charge on any atom is -0.494 e. The molecule has 0 saturated carbocycles. The average Bonchev–Trinajstić information content (AvgIpc) is 2.48. The molecule has 0 spiro atoms. The van der Waals surface area contributed by atoms with Crippen LogP contribution in [0.3, 0.4) is 0 Å². The molecule has 0 radical (unpaired) electrons. The molecule has 0 saturated heterocycles. The summed E-state index contributed by atoms with van der Waals surface area (Å²) in [4.78, 5) is 0. The maximum absolute atomic E-state index is 5.87. The van der Waals surface area contributed by atoms with E-state index in [4.69, 9.17) is 10.5 Å². The molecule has 2 aromatic carbocycles. The summed E-state index contributed by atoms with van der Waals surface area (Å²) in [6.45, 7) is 5.56. The van der Waals surface area contributed by atoms with Crippen molar-refractivity contribution in [3.05, 3.63) is 65.2 Å². The van der Waals surface area contributed by atoms with Gasteiger partial charge in [-0.3, -0.25) is 0 Å². The third-order valence-corrected chi connectivity index (χ3v) is 3.77. The van der Waals surface area contributed by atoms with E-state index in [1.54, 1.807) is 0 Å². The summed E-state index contributed by atoms with van der Waals surface area (Å²) in [6.07, 6.45) is 0.938. The first-order chi connectivity index (χ1) is 9.70. The van der Waals surface area contributed by atoms with Gasteiger partial charge in [-0.25, -0.2) is 0 Å². The molecule has 0 aliphatic heterocycles. The zero-order valence-corrected chi connectivity index (χ0v) is 12.3. The normalized spacial score (nSPS) is 12.2. The molecular formula is C18H23NO. The minimum atomic E-state index is 0.364. The second kappa shape index (κ2) is 7.11. The molecule has 0 heterocycles. The Bertz CT molecular complexity index is 536. The zero-order valence-electron chi connectivity index (χ0n) is 12.3.